The number of benzene rings is 1. The molecule has 0 spiro atoms. The Labute approximate surface area is 178 Å². The number of amides is 1. The predicted octanol–water partition coefficient (Wildman–Crippen LogP) is 0.535. The first kappa shape index (κ1) is 21.2. The standard InChI is InChI=1S/C16H18BrN9O4/c1-25(2)7-10-12(20-24-26(10)15-14(18)22-30-23-15)16(28)21-19-6-8-4-9(17)13(27)11(5-8)29-3/h4-6,27H,7H2,1-3H3,(H2,18,22)(H,21,28)/b19-6-. The van der Waals surface area contributed by atoms with Crippen molar-refractivity contribution in [2.24, 2.45) is 5.10 Å². The lowest BCUT2D eigenvalue weighted by molar-refractivity contribution is 0.0948. The van der Waals surface area contributed by atoms with E-state index in [-0.39, 0.29) is 28.8 Å². The minimum absolute atomic E-state index is 0.0109. The van der Waals surface area contributed by atoms with Crippen molar-refractivity contribution in [2.45, 2.75) is 6.54 Å². The average molecular weight is 480 g/mol. The number of phenolic OH excluding ortho intramolecular Hbond substituents is 1. The number of phenols is 1. The smallest absolute Gasteiger partial charge is 0.293 e. The lowest BCUT2D eigenvalue weighted by atomic mass is 10.2. The number of rotatable bonds is 7. The van der Waals surface area contributed by atoms with Crippen LogP contribution in [0.2, 0.25) is 0 Å². The van der Waals surface area contributed by atoms with Crippen LogP contribution >= 0.6 is 15.9 Å². The zero-order valence-electron chi connectivity index (χ0n) is 16.2. The third kappa shape index (κ3) is 4.38. The number of aromatic hydroxyl groups is 1. The largest absolute Gasteiger partial charge is 0.503 e. The highest BCUT2D eigenvalue weighted by molar-refractivity contribution is 9.10. The number of nitrogens with zero attached hydrogens (tertiary/aromatic N) is 7. The fourth-order valence-electron chi connectivity index (χ4n) is 2.47. The lowest BCUT2D eigenvalue weighted by Crippen LogP contribution is -2.23. The maximum atomic E-state index is 12.6. The van der Waals surface area contributed by atoms with E-state index in [0.29, 0.717) is 22.3 Å². The summed E-state index contributed by atoms with van der Waals surface area (Å²) in [5.74, 6) is -0.230. The topological polar surface area (TPSA) is 170 Å². The number of aromatic nitrogens is 5. The molecule has 3 rings (SSSR count). The summed E-state index contributed by atoms with van der Waals surface area (Å²) >= 11 is 3.22. The Morgan fingerprint density at radius 3 is 2.87 bits per heavy atom. The number of hydrazone groups is 1. The van der Waals surface area contributed by atoms with Gasteiger partial charge in [-0.3, -0.25) is 4.79 Å². The molecule has 1 amide bonds. The molecule has 0 aliphatic carbocycles. The summed E-state index contributed by atoms with van der Waals surface area (Å²) in [7, 11) is 5.06. The Morgan fingerprint density at radius 1 is 1.47 bits per heavy atom. The minimum Gasteiger partial charge on any atom is -0.503 e. The van der Waals surface area contributed by atoms with Gasteiger partial charge in [0.15, 0.2) is 17.2 Å². The first-order chi connectivity index (χ1) is 14.3. The van der Waals surface area contributed by atoms with E-state index in [1.54, 1.807) is 12.1 Å². The van der Waals surface area contributed by atoms with Gasteiger partial charge in [-0.2, -0.15) is 9.78 Å². The number of methoxy groups -OCH3 is 1. The number of carbonyl (C=O) groups excluding carboxylic acids is 1. The summed E-state index contributed by atoms with van der Waals surface area (Å²) < 4.78 is 11.4. The first-order valence-corrected chi connectivity index (χ1v) is 9.18. The molecule has 0 saturated heterocycles. The van der Waals surface area contributed by atoms with Gasteiger partial charge in [0, 0.05) is 6.54 Å². The molecule has 1 aromatic carbocycles. The Kier molecular flexibility index (Phi) is 6.27. The lowest BCUT2D eigenvalue weighted by Gasteiger charge is -2.11. The second-order valence-corrected chi connectivity index (χ2v) is 7.11. The summed E-state index contributed by atoms with van der Waals surface area (Å²) in [6.45, 7) is 0.313. The van der Waals surface area contributed by atoms with Crippen molar-refractivity contribution < 1.29 is 19.3 Å². The predicted molar refractivity (Wildman–Crippen MR) is 108 cm³/mol. The highest BCUT2D eigenvalue weighted by Crippen LogP contribution is 2.34. The van der Waals surface area contributed by atoms with Gasteiger partial charge in [-0.25, -0.2) is 10.1 Å². The van der Waals surface area contributed by atoms with Crippen LogP contribution in [0, 0.1) is 0 Å². The van der Waals surface area contributed by atoms with Crippen molar-refractivity contribution in [3.63, 3.8) is 0 Å². The van der Waals surface area contributed by atoms with Gasteiger partial charge in [0.1, 0.15) is 0 Å². The van der Waals surface area contributed by atoms with E-state index in [2.05, 4.69) is 51.7 Å². The van der Waals surface area contributed by atoms with Crippen LogP contribution in [0.1, 0.15) is 21.7 Å². The zero-order valence-corrected chi connectivity index (χ0v) is 17.8. The van der Waals surface area contributed by atoms with Crippen molar-refractivity contribution >= 4 is 33.9 Å². The maximum Gasteiger partial charge on any atom is 0.293 e. The van der Waals surface area contributed by atoms with E-state index in [9.17, 15) is 9.90 Å². The zero-order chi connectivity index (χ0) is 21.8. The Morgan fingerprint density at radius 2 is 2.23 bits per heavy atom. The molecular weight excluding hydrogens is 462 g/mol. The number of nitrogens with one attached hydrogen (secondary N) is 1. The molecule has 0 aliphatic heterocycles. The number of nitrogen functional groups attached to an aromatic ring is 1. The van der Waals surface area contributed by atoms with Gasteiger partial charge in [0.25, 0.3) is 5.91 Å². The van der Waals surface area contributed by atoms with E-state index in [1.807, 2.05) is 19.0 Å². The number of anilines is 1. The fraction of sp³-hybridized carbons (Fsp3) is 0.250. The molecule has 158 valence electrons. The summed E-state index contributed by atoms with van der Waals surface area (Å²) in [5.41, 5.74) is 9.15. The molecule has 3 aromatic rings. The van der Waals surface area contributed by atoms with Crippen molar-refractivity contribution in [2.75, 3.05) is 26.9 Å². The molecule has 2 aromatic heterocycles. The summed E-state index contributed by atoms with van der Waals surface area (Å²) in [6.07, 6.45) is 1.39. The third-order valence-electron chi connectivity index (χ3n) is 3.79. The van der Waals surface area contributed by atoms with Crippen LogP contribution in [-0.4, -0.2) is 68.6 Å². The molecule has 4 N–H and O–H groups in total. The molecule has 2 heterocycles. The third-order valence-corrected chi connectivity index (χ3v) is 4.40. The molecule has 30 heavy (non-hydrogen) atoms. The van der Waals surface area contributed by atoms with Gasteiger partial charge in [0.05, 0.1) is 23.5 Å². The molecule has 0 saturated carbocycles. The van der Waals surface area contributed by atoms with Crippen LogP contribution in [0.4, 0.5) is 5.82 Å². The molecule has 13 nitrogen and oxygen atoms in total. The number of nitrogens with two attached hydrogens (primary N) is 1. The van der Waals surface area contributed by atoms with Crippen molar-refractivity contribution in [1.82, 2.24) is 35.6 Å². The van der Waals surface area contributed by atoms with Crippen LogP contribution in [0.3, 0.4) is 0 Å². The molecule has 0 aliphatic rings. The average Bonchev–Trinajstić information content (AvgIpc) is 3.29. The number of hydrogen-bond acceptors (Lipinski definition) is 11. The summed E-state index contributed by atoms with van der Waals surface area (Å²) in [5, 5.41) is 28.8. The van der Waals surface area contributed by atoms with Gasteiger partial charge in [-0.15, -0.1) is 5.10 Å². The first-order valence-electron chi connectivity index (χ1n) is 8.39. The maximum absolute atomic E-state index is 12.6. The van der Waals surface area contributed by atoms with Gasteiger partial charge in [0.2, 0.25) is 11.6 Å². The fourth-order valence-corrected chi connectivity index (χ4v) is 2.93. The molecule has 14 heteroatoms. The normalized spacial score (nSPS) is 11.4. The molecule has 0 radical (unpaired) electrons. The molecule has 0 atom stereocenters. The van der Waals surface area contributed by atoms with Crippen LogP contribution in [-0.2, 0) is 6.54 Å². The number of carbonyl (C=O) groups is 1. The molecule has 0 fully saturated rings. The SMILES string of the molecule is COc1cc(/C=N\NC(=O)c2nnn(-c3nonc3N)c2CN(C)C)cc(Br)c1O. The Balaban J connectivity index is 1.84. The van der Waals surface area contributed by atoms with E-state index in [4.69, 9.17) is 10.5 Å². The highest BCUT2D eigenvalue weighted by atomic mass is 79.9. The van der Waals surface area contributed by atoms with E-state index >= 15 is 0 Å². The van der Waals surface area contributed by atoms with Crippen LogP contribution in [0.5, 0.6) is 11.5 Å². The number of ether oxygens (including phenoxy) is 1. The summed E-state index contributed by atoms with van der Waals surface area (Å²) in [6, 6.07) is 3.17. The van der Waals surface area contributed by atoms with Crippen LogP contribution in [0.15, 0.2) is 26.3 Å². The highest BCUT2D eigenvalue weighted by Gasteiger charge is 2.24. The monoisotopic (exact) mass is 479 g/mol. The van der Waals surface area contributed by atoms with Crippen LogP contribution < -0.4 is 15.9 Å². The molecular formula is C16H18BrN9O4. The van der Waals surface area contributed by atoms with Gasteiger partial charge in [-0.1, -0.05) is 5.21 Å². The molecule has 0 bridgehead atoms. The quantitative estimate of drug-likeness (QED) is 0.320. The van der Waals surface area contributed by atoms with E-state index in [0.717, 1.165) is 0 Å². The van der Waals surface area contributed by atoms with Crippen molar-refractivity contribution in [3.8, 4) is 17.3 Å². The Bertz CT molecular complexity index is 1090. The van der Waals surface area contributed by atoms with Gasteiger partial charge >= 0.3 is 0 Å². The second kappa shape index (κ2) is 8.87. The minimum atomic E-state index is -0.589. The van der Waals surface area contributed by atoms with Crippen molar-refractivity contribution in [3.05, 3.63) is 33.6 Å². The number of halogens is 1. The second-order valence-electron chi connectivity index (χ2n) is 6.26. The number of hydrogen-bond donors (Lipinski definition) is 3. The van der Waals surface area contributed by atoms with Gasteiger partial charge < -0.3 is 20.5 Å². The van der Waals surface area contributed by atoms with E-state index < -0.39 is 5.91 Å². The van der Waals surface area contributed by atoms with E-state index in [1.165, 1.54) is 18.0 Å². The van der Waals surface area contributed by atoms with Crippen LogP contribution in [0.25, 0.3) is 5.82 Å². The van der Waals surface area contributed by atoms with Gasteiger partial charge in [-0.05, 0) is 58.0 Å². The molecule has 0 unspecified atom stereocenters. The summed E-state index contributed by atoms with van der Waals surface area (Å²) in [4.78, 5) is 14.4. The Hall–Kier alpha value is -3.52. The van der Waals surface area contributed by atoms with Crippen molar-refractivity contribution in [1.29, 1.82) is 0 Å².